The lowest BCUT2D eigenvalue weighted by atomic mass is 10.1. The molecule has 2 N–H and O–H groups in total. The van der Waals surface area contributed by atoms with E-state index in [0.717, 1.165) is 6.42 Å². The normalized spacial score (nSPS) is 35.1. The van der Waals surface area contributed by atoms with Crippen LogP contribution in [0.1, 0.15) is 32.6 Å². The molecule has 0 aromatic rings. The van der Waals surface area contributed by atoms with E-state index in [1.54, 1.807) is 0 Å². The van der Waals surface area contributed by atoms with Crippen molar-refractivity contribution in [2.75, 3.05) is 6.54 Å². The van der Waals surface area contributed by atoms with Crippen molar-refractivity contribution in [1.82, 2.24) is 10.2 Å². The van der Waals surface area contributed by atoms with E-state index in [9.17, 15) is 14.4 Å². The van der Waals surface area contributed by atoms with E-state index in [2.05, 4.69) is 12.2 Å². The number of likely N-dealkylation sites (tertiary alicyclic amines) is 1. The first-order chi connectivity index (χ1) is 8.94. The molecule has 0 aromatic carbocycles. The molecule has 104 valence electrons. The second-order valence-electron chi connectivity index (χ2n) is 6.09. The number of nitrogens with one attached hydrogen (secondary N) is 1. The van der Waals surface area contributed by atoms with Crippen molar-refractivity contribution >= 4 is 17.8 Å². The van der Waals surface area contributed by atoms with E-state index in [-0.39, 0.29) is 11.9 Å². The van der Waals surface area contributed by atoms with Gasteiger partial charge in [0.05, 0.1) is 6.04 Å². The molecular formula is C13H18N2O4. The first-order valence-electron chi connectivity index (χ1n) is 6.78. The average Bonchev–Trinajstić information content (AvgIpc) is 3.21. The predicted molar refractivity (Wildman–Crippen MR) is 65.1 cm³/mol. The van der Waals surface area contributed by atoms with Gasteiger partial charge in [-0.25, -0.2) is 0 Å². The minimum atomic E-state index is -1.22. The Hall–Kier alpha value is -1.59. The van der Waals surface area contributed by atoms with Crippen molar-refractivity contribution in [3.05, 3.63) is 0 Å². The summed E-state index contributed by atoms with van der Waals surface area (Å²) in [6.45, 7) is 2.63. The molecule has 3 fully saturated rings. The molecule has 2 saturated carbocycles. The van der Waals surface area contributed by atoms with Gasteiger partial charge in [0.15, 0.2) is 0 Å². The Balaban J connectivity index is 1.58. The lowest BCUT2D eigenvalue weighted by Crippen LogP contribution is -2.44. The van der Waals surface area contributed by atoms with Crippen LogP contribution in [0, 0.1) is 11.3 Å². The van der Waals surface area contributed by atoms with E-state index in [0.29, 0.717) is 37.8 Å². The first kappa shape index (κ1) is 12.4. The highest BCUT2D eigenvalue weighted by atomic mass is 16.4. The number of nitrogens with zero attached hydrogens (tertiary/aromatic N) is 1. The van der Waals surface area contributed by atoms with Gasteiger partial charge < -0.3 is 15.3 Å². The number of rotatable bonds is 4. The van der Waals surface area contributed by atoms with Crippen molar-refractivity contribution in [2.24, 2.45) is 11.3 Å². The van der Waals surface area contributed by atoms with Crippen LogP contribution in [0.25, 0.3) is 0 Å². The molecule has 3 atom stereocenters. The molecular weight excluding hydrogens is 248 g/mol. The summed E-state index contributed by atoms with van der Waals surface area (Å²) in [5.74, 6) is -0.863. The highest BCUT2D eigenvalue weighted by molar-refractivity contribution is 6.05. The van der Waals surface area contributed by atoms with E-state index >= 15 is 0 Å². The maximum absolute atomic E-state index is 12.0. The second kappa shape index (κ2) is 3.95. The summed E-state index contributed by atoms with van der Waals surface area (Å²) in [6, 6.07) is 0.0911. The van der Waals surface area contributed by atoms with Gasteiger partial charge in [0.25, 0.3) is 0 Å². The molecule has 19 heavy (non-hydrogen) atoms. The van der Waals surface area contributed by atoms with Crippen molar-refractivity contribution in [3.63, 3.8) is 0 Å². The third-order valence-electron chi connectivity index (χ3n) is 4.56. The van der Waals surface area contributed by atoms with Crippen molar-refractivity contribution in [3.8, 4) is 0 Å². The number of hydrogen-bond donors (Lipinski definition) is 2. The quantitative estimate of drug-likeness (QED) is 0.700. The Morgan fingerprint density at radius 3 is 2.53 bits per heavy atom. The number of carbonyl (C=O) groups excluding carboxylic acids is 2. The minimum absolute atomic E-state index is 0.0693. The SMILES string of the molecule is CC1CC1N1CC(NC(=O)C2(C(=O)O)CC2)CC1=O. The molecule has 0 spiro atoms. The number of aliphatic carboxylic acids is 1. The van der Waals surface area contributed by atoms with Crippen LogP contribution >= 0.6 is 0 Å². The van der Waals surface area contributed by atoms with E-state index in [1.165, 1.54) is 0 Å². The lowest BCUT2D eigenvalue weighted by Gasteiger charge is -2.18. The summed E-state index contributed by atoms with van der Waals surface area (Å²) in [5.41, 5.74) is -1.22. The van der Waals surface area contributed by atoms with Crippen molar-refractivity contribution in [2.45, 2.75) is 44.7 Å². The van der Waals surface area contributed by atoms with E-state index in [4.69, 9.17) is 5.11 Å². The van der Waals surface area contributed by atoms with Gasteiger partial charge in [0.1, 0.15) is 5.41 Å². The van der Waals surface area contributed by atoms with Crippen LogP contribution < -0.4 is 5.32 Å². The monoisotopic (exact) mass is 266 g/mol. The van der Waals surface area contributed by atoms with Crippen LogP contribution in [0.15, 0.2) is 0 Å². The number of carbonyl (C=O) groups is 3. The van der Waals surface area contributed by atoms with Gasteiger partial charge in [-0.05, 0) is 25.2 Å². The van der Waals surface area contributed by atoms with Gasteiger partial charge in [-0.2, -0.15) is 0 Å². The number of carboxylic acids is 1. The lowest BCUT2D eigenvalue weighted by molar-refractivity contribution is -0.149. The minimum Gasteiger partial charge on any atom is -0.480 e. The Morgan fingerprint density at radius 2 is 2.05 bits per heavy atom. The topological polar surface area (TPSA) is 86.7 Å². The molecule has 0 bridgehead atoms. The molecule has 3 rings (SSSR count). The van der Waals surface area contributed by atoms with E-state index < -0.39 is 17.3 Å². The van der Waals surface area contributed by atoms with Crippen LogP contribution in [-0.4, -0.2) is 46.4 Å². The largest absolute Gasteiger partial charge is 0.480 e. The summed E-state index contributed by atoms with van der Waals surface area (Å²) in [7, 11) is 0. The number of carboxylic acid groups (broad SMARTS) is 1. The zero-order valence-corrected chi connectivity index (χ0v) is 10.9. The number of hydrogen-bond acceptors (Lipinski definition) is 3. The molecule has 2 amide bonds. The first-order valence-corrected chi connectivity index (χ1v) is 6.78. The zero-order chi connectivity index (χ0) is 13.8. The van der Waals surface area contributed by atoms with Crippen molar-refractivity contribution < 1.29 is 19.5 Å². The molecule has 1 aliphatic heterocycles. The van der Waals surface area contributed by atoms with Gasteiger partial charge in [0.2, 0.25) is 11.8 Å². The maximum Gasteiger partial charge on any atom is 0.319 e. The standard InChI is InChI=1S/C13H18N2O4/c1-7-4-9(7)15-6-8(5-10(15)16)14-11(17)13(2-3-13)12(18)19/h7-9H,2-6H2,1H3,(H,14,17)(H,18,19). The Labute approximate surface area is 111 Å². The zero-order valence-electron chi connectivity index (χ0n) is 10.9. The molecule has 1 saturated heterocycles. The van der Waals surface area contributed by atoms with Crippen LogP contribution in [-0.2, 0) is 14.4 Å². The smallest absolute Gasteiger partial charge is 0.319 e. The summed E-state index contributed by atoms with van der Waals surface area (Å²) in [6.07, 6.45) is 2.13. The van der Waals surface area contributed by atoms with Gasteiger partial charge in [-0.15, -0.1) is 0 Å². The summed E-state index contributed by atoms with van der Waals surface area (Å²) in [5, 5.41) is 11.8. The molecule has 2 aliphatic carbocycles. The molecule has 6 heteroatoms. The maximum atomic E-state index is 12.0. The Bertz CT molecular complexity index is 458. The Kier molecular flexibility index (Phi) is 2.59. The van der Waals surface area contributed by atoms with Gasteiger partial charge in [0, 0.05) is 19.0 Å². The summed E-state index contributed by atoms with van der Waals surface area (Å²) in [4.78, 5) is 36.7. The van der Waals surface area contributed by atoms with Gasteiger partial charge in [-0.3, -0.25) is 14.4 Å². The van der Waals surface area contributed by atoms with Gasteiger partial charge >= 0.3 is 5.97 Å². The third kappa shape index (κ3) is 1.99. The predicted octanol–water partition coefficient (Wildman–Crippen LogP) is -0.0233. The number of amides is 2. The summed E-state index contributed by atoms with van der Waals surface area (Å²) < 4.78 is 0. The fraction of sp³-hybridized carbons (Fsp3) is 0.769. The highest BCUT2D eigenvalue weighted by Crippen LogP contribution is 2.46. The Morgan fingerprint density at radius 1 is 1.42 bits per heavy atom. The van der Waals surface area contributed by atoms with Gasteiger partial charge in [-0.1, -0.05) is 6.92 Å². The van der Waals surface area contributed by atoms with Crippen LogP contribution in [0.3, 0.4) is 0 Å². The molecule has 3 aliphatic rings. The third-order valence-corrected chi connectivity index (χ3v) is 4.56. The fourth-order valence-corrected chi connectivity index (χ4v) is 2.87. The average molecular weight is 266 g/mol. The molecule has 1 heterocycles. The van der Waals surface area contributed by atoms with Crippen LogP contribution in [0.2, 0.25) is 0 Å². The summed E-state index contributed by atoms with van der Waals surface area (Å²) >= 11 is 0. The van der Waals surface area contributed by atoms with Crippen LogP contribution in [0.4, 0.5) is 0 Å². The second-order valence-corrected chi connectivity index (χ2v) is 6.09. The fourth-order valence-electron chi connectivity index (χ4n) is 2.87. The molecule has 6 nitrogen and oxygen atoms in total. The van der Waals surface area contributed by atoms with Crippen LogP contribution in [0.5, 0.6) is 0 Å². The molecule has 0 aromatic heterocycles. The highest BCUT2D eigenvalue weighted by Gasteiger charge is 2.57. The molecule has 3 unspecified atom stereocenters. The van der Waals surface area contributed by atoms with Crippen molar-refractivity contribution in [1.29, 1.82) is 0 Å². The van der Waals surface area contributed by atoms with E-state index in [1.807, 2.05) is 4.90 Å². The molecule has 0 radical (unpaired) electrons.